The Labute approximate surface area is 158 Å². The molecule has 1 aliphatic rings. The fourth-order valence-electron chi connectivity index (χ4n) is 2.85. The van der Waals surface area contributed by atoms with Gasteiger partial charge in [0.2, 0.25) is 0 Å². The zero-order chi connectivity index (χ0) is 19.4. The van der Waals surface area contributed by atoms with Gasteiger partial charge in [0.25, 0.3) is 0 Å². The van der Waals surface area contributed by atoms with Gasteiger partial charge in [0.05, 0.1) is 12.0 Å². The molecule has 1 heterocycles. The van der Waals surface area contributed by atoms with Crippen LogP contribution in [0.1, 0.15) is 17.2 Å². The average Bonchev–Trinajstić information content (AvgIpc) is 3.12. The van der Waals surface area contributed by atoms with Crippen molar-refractivity contribution in [1.82, 2.24) is 0 Å². The number of carbonyl (C=O) groups excluding carboxylic acids is 1. The standard InChI is InChI=1S/C21H20O5S/c1-15-8-11-18(12-9-15)27(23,24)19-14-17(10-13-20(22)25-2)26-21(19)16-6-4-3-5-7-16/h3-14,19,21H,1-2H3/b13-10+/t19-,21+/m0/s1. The van der Waals surface area contributed by atoms with Crippen molar-refractivity contribution in [3.05, 3.63) is 89.7 Å². The van der Waals surface area contributed by atoms with Gasteiger partial charge in [-0.3, -0.25) is 0 Å². The van der Waals surface area contributed by atoms with E-state index in [1.54, 1.807) is 24.3 Å². The molecule has 140 valence electrons. The molecule has 0 fully saturated rings. The van der Waals surface area contributed by atoms with Gasteiger partial charge in [-0.05, 0) is 36.8 Å². The normalized spacial score (nSPS) is 19.6. The Balaban J connectivity index is 2.01. The van der Waals surface area contributed by atoms with E-state index in [-0.39, 0.29) is 4.90 Å². The van der Waals surface area contributed by atoms with E-state index >= 15 is 0 Å². The first kappa shape index (κ1) is 18.9. The van der Waals surface area contributed by atoms with Crippen LogP contribution >= 0.6 is 0 Å². The molecule has 2 aromatic rings. The monoisotopic (exact) mass is 384 g/mol. The van der Waals surface area contributed by atoms with Crippen LogP contribution in [0.4, 0.5) is 0 Å². The molecule has 0 radical (unpaired) electrons. The van der Waals surface area contributed by atoms with Crippen LogP contribution in [0.15, 0.2) is 83.5 Å². The molecule has 0 aliphatic carbocycles. The van der Waals surface area contributed by atoms with Gasteiger partial charge >= 0.3 is 5.97 Å². The number of methoxy groups -OCH3 is 1. The number of allylic oxidation sites excluding steroid dienone is 1. The van der Waals surface area contributed by atoms with Crippen molar-refractivity contribution in [2.24, 2.45) is 0 Å². The number of carbonyl (C=O) groups is 1. The van der Waals surface area contributed by atoms with Crippen molar-refractivity contribution in [3.8, 4) is 0 Å². The molecule has 0 bridgehead atoms. The highest BCUT2D eigenvalue weighted by molar-refractivity contribution is 7.92. The average molecular weight is 384 g/mol. The van der Waals surface area contributed by atoms with E-state index in [0.717, 1.165) is 11.1 Å². The Kier molecular flexibility index (Phi) is 5.46. The number of aryl methyl sites for hydroxylation is 1. The molecule has 2 atom stereocenters. The quantitative estimate of drug-likeness (QED) is 0.583. The van der Waals surface area contributed by atoms with Gasteiger partial charge in [-0.1, -0.05) is 48.0 Å². The first-order valence-corrected chi connectivity index (χ1v) is 9.96. The van der Waals surface area contributed by atoms with E-state index in [4.69, 9.17) is 4.74 Å². The Bertz CT molecular complexity index is 973. The molecule has 0 saturated carbocycles. The smallest absolute Gasteiger partial charge is 0.330 e. The molecule has 0 unspecified atom stereocenters. The van der Waals surface area contributed by atoms with Crippen LogP contribution in [0.25, 0.3) is 0 Å². The zero-order valence-electron chi connectivity index (χ0n) is 15.0. The second-order valence-electron chi connectivity index (χ2n) is 6.20. The van der Waals surface area contributed by atoms with Gasteiger partial charge in [-0.15, -0.1) is 0 Å². The lowest BCUT2D eigenvalue weighted by atomic mass is 10.1. The summed E-state index contributed by atoms with van der Waals surface area (Å²) in [6.07, 6.45) is 3.46. The number of ether oxygens (including phenoxy) is 2. The summed E-state index contributed by atoms with van der Waals surface area (Å²) in [6.45, 7) is 1.90. The van der Waals surface area contributed by atoms with Gasteiger partial charge in [-0.2, -0.15) is 0 Å². The van der Waals surface area contributed by atoms with E-state index < -0.39 is 27.2 Å². The maximum Gasteiger partial charge on any atom is 0.330 e. The Morgan fingerprint density at radius 2 is 1.74 bits per heavy atom. The highest BCUT2D eigenvalue weighted by Gasteiger charge is 2.40. The van der Waals surface area contributed by atoms with E-state index in [0.29, 0.717) is 5.76 Å². The first-order valence-electron chi connectivity index (χ1n) is 8.42. The minimum atomic E-state index is -3.68. The van der Waals surface area contributed by atoms with Crippen molar-refractivity contribution in [2.45, 2.75) is 23.2 Å². The minimum absolute atomic E-state index is 0.233. The summed E-state index contributed by atoms with van der Waals surface area (Å²) in [5.74, 6) is -0.226. The van der Waals surface area contributed by atoms with Crippen LogP contribution in [-0.4, -0.2) is 26.7 Å². The second-order valence-corrected chi connectivity index (χ2v) is 8.30. The SMILES string of the molecule is COC(=O)/C=C/C1=C[C@H](S(=O)(=O)c2ccc(C)cc2)[C@@H](c2ccccc2)O1. The van der Waals surface area contributed by atoms with Gasteiger partial charge in [0.15, 0.2) is 9.84 Å². The molecular weight excluding hydrogens is 364 g/mol. The third-order valence-corrected chi connectivity index (χ3v) is 6.34. The lowest BCUT2D eigenvalue weighted by Gasteiger charge is -2.20. The highest BCUT2D eigenvalue weighted by atomic mass is 32.2. The fourth-order valence-corrected chi connectivity index (χ4v) is 4.53. The summed E-state index contributed by atoms with van der Waals surface area (Å²) in [4.78, 5) is 11.6. The topological polar surface area (TPSA) is 69.7 Å². The summed E-state index contributed by atoms with van der Waals surface area (Å²) in [7, 11) is -2.41. The Morgan fingerprint density at radius 3 is 2.37 bits per heavy atom. The molecule has 1 aliphatic heterocycles. The van der Waals surface area contributed by atoms with Gasteiger partial charge in [-0.25, -0.2) is 13.2 Å². The Morgan fingerprint density at radius 1 is 1.07 bits per heavy atom. The minimum Gasteiger partial charge on any atom is -0.484 e. The molecule has 2 aromatic carbocycles. The second kappa shape index (κ2) is 7.80. The molecular formula is C21H20O5S. The van der Waals surface area contributed by atoms with Crippen molar-refractivity contribution >= 4 is 15.8 Å². The lowest BCUT2D eigenvalue weighted by molar-refractivity contribution is -0.134. The molecule has 0 saturated heterocycles. The predicted molar refractivity (Wildman–Crippen MR) is 102 cm³/mol. The van der Waals surface area contributed by atoms with E-state index in [1.807, 2.05) is 37.3 Å². The maximum atomic E-state index is 13.2. The van der Waals surface area contributed by atoms with Crippen LogP contribution in [0.5, 0.6) is 0 Å². The molecule has 5 nitrogen and oxygen atoms in total. The zero-order valence-corrected chi connectivity index (χ0v) is 15.8. The van der Waals surface area contributed by atoms with Crippen LogP contribution in [0.2, 0.25) is 0 Å². The summed E-state index contributed by atoms with van der Waals surface area (Å²) in [6, 6.07) is 15.9. The third kappa shape index (κ3) is 4.11. The molecule has 6 heteroatoms. The Hall–Kier alpha value is -2.86. The van der Waals surface area contributed by atoms with Crippen molar-refractivity contribution in [3.63, 3.8) is 0 Å². The summed E-state index contributed by atoms with van der Waals surface area (Å²) in [5, 5.41) is -0.903. The number of hydrogen-bond donors (Lipinski definition) is 0. The molecule has 0 aromatic heterocycles. The number of hydrogen-bond acceptors (Lipinski definition) is 5. The first-order chi connectivity index (χ1) is 12.9. The van der Waals surface area contributed by atoms with Gasteiger partial charge < -0.3 is 9.47 Å². The molecule has 0 amide bonds. The number of benzene rings is 2. The summed E-state index contributed by atoms with van der Waals surface area (Å²) >= 11 is 0. The van der Waals surface area contributed by atoms with E-state index in [1.165, 1.54) is 25.3 Å². The summed E-state index contributed by atoms with van der Waals surface area (Å²) in [5.41, 5.74) is 1.73. The molecule has 0 spiro atoms. The lowest BCUT2D eigenvalue weighted by Crippen LogP contribution is -2.24. The number of rotatable bonds is 5. The van der Waals surface area contributed by atoms with E-state index in [2.05, 4.69) is 4.74 Å². The van der Waals surface area contributed by atoms with Crippen molar-refractivity contribution in [2.75, 3.05) is 7.11 Å². The van der Waals surface area contributed by atoms with Crippen LogP contribution < -0.4 is 0 Å². The van der Waals surface area contributed by atoms with E-state index in [9.17, 15) is 13.2 Å². The third-order valence-electron chi connectivity index (χ3n) is 4.31. The molecule has 0 N–H and O–H groups in total. The molecule has 3 rings (SSSR count). The van der Waals surface area contributed by atoms with Crippen LogP contribution in [0, 0.1) is 6.92 Å². The van der Waals surface area contributed by atoms with Crippen LogP contribution in [0.3, 0.4) is 0 Å². The van der Waals surface area contributed by atoms with Gasteiger partial charge in [0, 0.05) is 6.08 Å². The van der Waals surface area contributed by atoms with Crippen LogP contribution in [-0.2, 0) is 24.1 Å². The highest BCUT2D eigenvalue weighted by Crippen LogP contribution is 2.38. The van der Waals surface area contributed by atoms with Crippen molar-refractivity contribution in [1.29, 1.82) is 0 Å². The predicted octanol–water partition coefficient (Wildman–Crippen LogP) is 3.52. The molecule has 27 heavy (non-hydrogen) atoms. The largest absolute Gasteiger partial charge is 0.484 e. The maximum absolute atomic E-state index is 13.2. The summed E-state index contributed by atoms with van der Waals surface area (Å²) < 4.78 is 36.9. The fraction of sp³-hybridized carbons (Fsp3) is 0.190. The number of esters is 1. The number of sulfone groups is 1. The van der Waals surface area contributed by atoms with Gasteiger partial charge in [0.1, 0.15) is 17.1 Å². The van der Waals surface area contributed by atoms with Crippen molar-refractivity contribution < 1.29 is 22.7 Å².